The molecule has 1 N–H and O–H groups in total. The Balaban J connectivity index is 2.83. The molecule has 1 rings (SSSR count). The van der Waals surface area contributed by atoms with Crippen LogP contribution in [0.2, 0.25) is 0 Å². The molecule has 0 saturated heterocycles. The Morgan fingerprint density at radius 3 is 2.69 bits per heavy atom. The van der Waals surface area contributed by atoms with Gasteiger partial charge in [0, 0.05) is 26.7 Å². The highest BCUT2D eigenvalue weighted by molar-refractivity contribution is 5.80. The highest BCUT2D eigenvalue weighted by Crippen LogP contribution is 2.08. The van der Waals surface area contributed by atoms with E-state index >= 15 is 0 Å². The van der Waals surface area contributed by atoms with E-state index in [9.17, 15) is 9.59 Å². The van der Waals surface area contributed by atoms with Gasteiger partial charge in [-0.25, -0.2) is 5.10 Å². The fourth-order valence-electron chi connectivity index (χ4n) is 1.23. The Morgan fingerprint density at radius 1 is 1.50 bits per heavy atom. The number of nitrogens with zero attached hydrogens (tertiary/aromatic N) is 3. The topological polar surface area (TPSA) is 69.3 Å². The Labute approximate surface area is 93.9 Å². The molecule has 0 aliphatic rings. The minimum absolute atomic E-state index is 0.0119. The summed E-state index contributed by atoms with van der Waals surface area (Å²) in [5.41, 5.74) is 0.384. The normalized spacial score (nSPS) is 9.94. The van der Waals surface area contributed by atoms with Crippen molar-refractivity contribution < 1.29 is 4.79 Å². The first-order valence-corrected chi connectivity index (χ1v) is 5.04. The van der Waals surface area contributed by atoms with Crippen molar-refractivity contribution >= 4 is 11.6 Å². The van der Waals surface area contributed by atoms with Gasteiger partial charge in [-0.1, -0.05) is 0 Å². The van der Waals surface area contributed by atoms with E-state index in [1.165, 1.54) is 17.2 Å². The van der Waals surface area contributed by atoms with E-state index in [2.05, 4.69) is 10.2 Å². The van der Waals surface area contributed by atoms with Crippen molar-refractivity contribution in [2.75, 3.05) is 32.1 Å². The first kappa shape index (κ1) is 12.2. The molecule has 0 radical (unpaired) electrons. The Hall–Kier alpha value is -1.85. The van der Waals surface area contributed by atoms with Gasteiger partial charge in [-0.05, 0) is 6.92 Å². The molecule has 0 aromatic carbocycles. The van der Waals surface area contributed by atoms with Crippen molar-refractivity contribution in [2.24, 2.45) is 0 Å². The maximum absolute atomic E-state index is 11.5. The first-order valence-electron chi connectivity index (χ1n) is 5.04. The minimum atomic E-state index is -0.270. The molecule has 0 fully saturated rings. The maximum Gasteiger partial charge on any atom is 0.266 e. The highest BCUT2D eigenvalue weighted by atomic mass is 16.2. The molecular formula is C10H16N4O2. The first-order chi connectivity index (χ1) is 7.54. The summed E-state index contributed by atoms with van der Waals surface area (Å²) in [6.45, 7) is 2.81. The molecule has 0 saturated carbocycles. The number of nitrogens with one attached hydrogen (secondary N) is 1. The van der Waals surface area contributed by atoms with Gasteiger partial charge in [0.15, 0.2) is 0 Å². The fourth-order valence-corrected chi connectivity index (χ4v) is 1.23. The number of amides is 1. The van der Waals surface area contributed by atoms with Crippen LogP contribution >= 0.6 is 0 Å². The number of likely N-dealkylation sites (N-methyl/N-ethyl adjacent to an activating group) is 2. The van der Waals surface area contributed by atoms with Crippen LogP contribution in [0.4, 0.5) is 5.69 Å². The van der Waals surface area contributed by atoms with Crippen LogP contribution in [0.3, 0.4) is 0 Å². The van der Waals surface area contributed by atoms with Crippen molar-refractivity contribution in [2.45, 2.75) is 6.92 Å². The van der Waals surface area contributed by atoms with Crippen molar-refractivity contribution in [3.63, 3.8) is 0 Å². The zero-order valence-corrected chi connectivity index (χ0v) is 9.73. The summed E-state index contributed by atoms with van der Waals surface area (Å²) in [5.74, 6) is -0.0119. The number of carbonyl (C=O) groups is 1. The van der Waals surface area contributed by atoms with Gasteiger partial charge >= 0.3 is 0 Å². The van der Waals surface area contributed by atoms with Gasteiger partial charge in [0.05, 0.1) is 18.4 Å². The second-order valence-electron chi connectivity index (χ2n) is 3.61. The number of aromatic amines is 1. The SMILES string of the molecule is CCN(CC(=O)N(C)C)c1cn[nH]c(=O)c1. The number of hydrogen-bond donors (Lipinski definition) is 1. The number of hydrogen-bond acceptors (Lipinski definition) is 4. The van der Waals surface area contributed by atoms with Gasteiger partial charge in [0.1, 0.15) is 0 Å². The molecule has 0 atom stereocenters. The van der Waals surface area contributed by atoms with Gasteiger partial charge in [0.25, 0.3) is 5.56 Å². The van der Waals surface area contributed by atoms with Crippen LogP contribution in [0.1, 0.15) is 6.92 Å². The molecule has 1 amide bonds. The summed E-state index contributed by atoms with van der Waals surface area (Å²) in [5, 5.41) is 6.00. The van der Waals surface area contributed by atoms with Crippen LogP contribution in [0.15, 0.2) is 17.1 Å². The Bertz CT molecular complexity index is 413. The zero-order valence-electron chi connectivity index (χ0n) is 9.73. The van der Waals surface area contributed by atoms with Crippen LogP contribution < -0.4 is 10.5 Å². The predicted octanol–water partition coefficient (Wildman–Crippen LogP) is -0.316. The van der Waals surface area contributed by atoms with Gasteiger partial charge in [-0.15, -0.1) is 0 Å². The number of rotatable bonds is 4. The van der Waals surface area contributed by atoms with Crippen LogP contribution in [-0.2, 0) is 4.79 Å². The van der Waals surface area contributed by atoms with Crippen molar-refractivity contribution in [3.8, 4) is 0 Å². The van der Waals surface area contributed by atoms with E-state index in [0.717, 1.165) is 0 Å². The molecule has 0 spiro atoms. The number of aromatic nitrogens is 2. The lowest BCUT2D eigenvalue weighted by Gasteiger charge is -2.23. The van der Waals surface area contributed by atoms with Crippen LogP contribution in [0, 0.1) is 0 Å². The lowest BCUT2D eigenvalue weighted by atomic mass is 10.3. The van der Waals surface area contributed by atoms with Crippen LogP contribution in [0.25, 0.3) is 0 Å². The molecule has 16 heavy (non-hydrogen) atoms. The molecule has 6 heteroatoms. The standard InChI is InChI=1S/C10H16N4O2/c1-4-14(7-10(16)13(2)3)8-5-9(15)12-11-6-8/h5-6H,4,7H2,1-3H3,(H,12,15). The van der Waals surface area contributed by atoms with E-state index in [4.69, 9.17) is 0 Å². The summed E-state index contributed by atoms with van der Waals surface area (Å²) in [6, 6.07) is 1.43. The molecule has 6 nitrogen and oxygen atoms in total. The Kier molecular flexibility index (Phi) is 4.04. The average Bonchev–Trinajstić information content (AvgIpc) is 2.25. The summed E-state index contributed by atoms with van der Waals surface area (Å²) in [7, 11) is 3.40. The smallest absolute Gasteiger partial charge is 0.266 e. The quantitative estimate of drug-likeness (QED) is 0.761. The molecule has 88 valence electrons. The molecule has 0 aliphatic carbocycles. The third kappa shape index (κ3) is 3.08. The summed E-state index contributed by atoms with van der Waals surface area (Å²) < 4.78 is 0. The van der Waals surface area contributed by atoms with Crippen molar-refractivity contribution in [3.05, 3.63) is 22.6 Å². The van der Waals surface area contributed by atoms with Gasteiger partial charge < -0.3 is 9.80 Å². The van der Waals surface area contributed by atoms with Gasteiger partial charge in [-0.3, -0.25) is 9.59 Å². The monoisotopic (exact) mass is 224 g/mol. The fraction of sp³-hybridized carbons (Fsp3) is 0.500. The van der Waals surface area contributed by atoms with Crippen LogP contribution in [-0.4, -0.2) is 48.2 Å². The molecular weight excluding hydrogens is 208 g/mol. The van der Waals surface area contributed by atoms with Gasteiger partial charge in [-0.2, -0.15) is 5.10 Å². The Morgan fingerprint density at radius 2 is 2.19 bits per heavy atom. The number of H-pyrrole nitrogens is 1. The largest absolute Gasteiger partial charge is 0.361 e. The van der Waals surface area contributed by atoms with E-state index in [1.807, 2.05) is 6.92 Å². The molecule has 0 aliphatic heterocycles. The predicted molar refractivity (Wildman–Crippen MR) is 61.4 cm³/mol. The lowest BCUT2D eigenvalue weighted by Crippen LogP contribution is -2.37. The van der Waals surface area contributed by atoms with Crippen LogP contribution in [0.5, 0.6) is 0 Å². The second-order valence-corrected chi connectivity index (χ2v) is 3.61. The molecule has 1 aromatic rings. The third-order valence-corrected chi connectivity index (χ3v) is 2.22. The third-order valence-electron chi connectivity index (χ3n) is 2.22. The van der Waals surface area contributed by atoms with E-state index < -0.39 is 0 Å². The van der Waals surface area contributed by atoms with E-state index in [-0.39, 0.29) is 18.0 Å². The number of carbonyl (C=O) groups excluding carboxylic acids is 1. The maximum atomic E-state index is 11.5. The van der Waals surface area contributed by atoms with E-state index in [0.29, 0.717) is 12.2 Å². The second kappa shape index (κ2) is 5.29. The summed E-state index contributed by atoms with van der Waals surface area (Å²) in [4.78, 5) is 26.0. The van der Waals surface area contributed by atoms with E-state index in [1.54, 1.807) is 19.0 Å². The highest BCUT2D eigenvalue weighted by Gasteiger charge is 2.11. The number of anilines is 1. The lowest BCUT2D eigenvalue weighted by molar-refractivity contribution is -0.127. The molecule has 1 heterocycles. The summed E-state index contributed by atoms with van der Waals surface area (Å²) in [6.07, 6.45) is 1.54. The molecule has 1 aromatic heterocycles. The van der Waals surface area contributed by atoms with Crippen molar-refractivity contribution in [1.82, 2.24) is 15.1 Å². The molecule has 0 bridgehead atoms. The minimum Gasteiger partial charge on any atom is -0.361 e. The average molecular weight is 224 g/mol. The zero-order chi connectivity index (χ0) is 12.1. The summed E-state index contributed by atoms with van der Waals surface area (Å²) >= 11 is 0. The van der Waals surface area contributed by atoms with Crippen molar-refractivity contribution in [1.29, 1.82) is 0 Å². The molecule has 0 unspecified atom stereocenters. The van der Waals surface area contributed by atoms with Gasteiger partial charge in [0.2, 0.25) is 5.91 Å².